The Kier molecular flexibility index (Phi) is 7.87. The third-order valence-electron chi connectivity index (χ3n) is 6.49. The third kappa shape index (κ3) is 5.83. The van der Waals surface area contributed by atoms with Crippen LogP contribution in [-0.2, 0) is 16.6 Å². The van der Waals surface area contributed by atoms with Gasteiger partial charge in [0.2, 0.25) is 15.9 Å². The topological polar surface area (TPSA) is 103 Å². The molecule has 3 aromatic rings. The first-order valence-corrected chi connectivity index (χ1v) is 13.2. The van der Waals surface area contributed by atoms with E-state index in [2.05, 4.69) is 4.98 Å². The SMILES string of the molecule is CN(C1CCC(c2cccc(OCc3ccc(Cl)cc3F)n2)CC1)S(=O)(=O)c1ccc([N+](=O)[O-])cc1. The first kappa shape index (κ1) is 26.0. The standard InChI is InChI=1S/C25H25ClFN3O5S/c1-29(36(33,34)22-13-11-21(12-14-22)30(31)32)20-9-6-17(7-10-20)24-3-2-4-25(28-24)35-16-18-5-8-19(26)15-23(18)27/h2-5,8,11-15,17,20H,6-7,9-10,16H2,1H3. The van der Waals surface area contributed by atoms with Crippen LogP contribution in [0.4, 0.5) is 10.1 Å². The summed E-state index contributed by atoms with van der Waals surface area (Å²) in [5.74, 6) is 0.0964. The van der Waals surface area contributed by atoms with E-state index in [1.54, 1.807) is 25.2 Å². The molecule has 0 spiro atoms. The van der Waals surface area contributed by atoms with E-state index in [1.165, 1.54) is 34.6 Å². The first-order chi connectivity index (χ1) is 17.1. The largest absolute Gasteiger partial charge is 0.473 e. The molecule has 0 N–H and O–H groups in total. The van der Waals surface area contributed by atoms with Gasteiger partial charge in [-0.3, -0.25) is 10.1 Å². The van der Waals surface area contributed by atoms with Gasteiger partial charge in [0.1, 0.15) is 12.4 Å². The minimum atomic E-state index is -3.77. The van der Waals surface area contributed by atoms with Crippen LogP contribution in [0.1, 0.15) is 42.9 Å². The van der Waals surface area contributed by atoms with Crippen molar-refractivity contribution in [3.8, 4) is 5.88 Å². The van der Waals surface area contributed by atoms with E-state index in [4.69, 9.17) is 16.3 Å². The summed E-state index contributed by atoms with van der Waals surface area (Å²) in [6.07, 6.45) is 2.78. The van der Waals surface area contributed by atoms with Crippen LogP contribution < -0.4 is 4.74 Å². The number of nitro benzene ring substituents is 1. The number of sulfonamides is 1. The van der Waals surface area contributed by atoms with Gasteiger partial charge in [-0.15, -0.1) is 0 Å². The van der Waals surface area contributed by atoms with Crippen molar-refractivity contribution in [3.63, 3.8) is 0 Å². The number of hydrogen-bond donors (Lipinski definition) is 0. The second-order valence-corrected chi connectivity index (χ2v) is 11.1. The number of nitrogens with zero attached hydrogens (tertiary/aromatic N) is 3. The maximum Gasteiger partial charge on any atom is 0.269 e. The molecule has 0 aliphatic heterocycles. The summed E-state index contributed by atoms with van der Waals surface area (Å²) in [5.41, 5.74) is 1.07. The van der Waals surface area contributed by atoms with E-state index in [-0.39, 0.29) is 29.1 Å². The van der Waals surface area contributed by atoms with Gasteiger partial charge >= 0.3 is 0 Å². The lowest BCUT2D eigenvalue weighted by Gasteiger charge is -2.33. The molecule has 0 unspecified atom stereocenters. The molecule has 190 valence electrons. The molecule has 1 aliphatic carbocycles. The van der Waals surface area contributed by atoms with E-state index in [0.717, 1.165) is 18.5 Å². The fraction of sp³-hybridized carbons (Fsp3) is 0.320. The molecule has 11 heteroatoms. The Morgan fingerprint density at radius 2 is 1.81 bits per heavy atom. The van der Waals surface area contributed by atoms with Gasteiger partial charge in [0.25, 0.3) is 5.69 Å². The van der Waals surface area contributed by atoms with Gasteiger partial charge in [-0.25, -0.2) is 17.8 Å². The number of nitro groups is 1. The van der Waals surface area contributed by atoms with E-state index >= 15 is 0 Å². The maximum absolute atomic E-state index is 14.0. The summed E-state index contributed by atoms with van der Waals surface area (Å²) in [7, 11) is -2.23. The molecular weight excluding hydrogens is 509 g/mol. The Hall–Kier alpha value is -3.08. The molecule has 1 heterocycles. The number of hydrogen-bond acceptors (Lipinski definition) is 6. The Bertz CT molecular complexity index is 1350. The van der Waals surface area contributed by atoms with Crippen molar-refractivity contribution in [3.05, 3.63) is 92.9 Å². The molecule has 1 aromatic heterocycles. The van der Waals surface area contributed by atoms with Crippen LogP contribution in [0.5, 0.6) is 5.88 Å². The highest BCUT2D eigenvalue weighted by Crippen LogP contribution is 2.36. The van der Waals surface area contributed by atoms with Gasteiger partial charge in [-0.1, -0.05) is 23.7 Å². The maximum atomic E-state index is 14.0. The molecule has 0 saturated heterocycles. The Labute approximate surface area is 213 Å². The lowest BCUT2D eigenvalue weighted by Crippen LogP contribution is -2.39. The summed E-state index contributed by atoms with van der Waals surface area (Å²) in [5, 5.41) is 11.2. The van der Waals surface area contributed by atoms with E-state index in [1.807, 2.05) is 12.1 Å². The zero-order valence-corrected chi connectivity index (χ0v) is 21.1. The summed E-state index contributed by atoms with van der Waals surface area (Å²) in [4.78, 5) is 14.9. The van der Waals surface area contributed by atoms with Crippen molar-refractivity contribution in [2.75, 3.05) is 7.05 Å². The van der Waals surface area contributed by atoms with Crippen LogP contribution >= 0.6 is 11.6 Å². The van der Waals surface area contributed by atoms with Crippen molar-refractivity contribution in [1.82, 2.24) is 9.29 Å². The smallest absolute Gasteiger partial charge is 0.269 e. The van der Waals surface area contributed by atoms with Crippen molar-refractivity contribution in [2.45, 2.75) is 49.1 Å². The summed E-state index contributed by atoms with van der Waals surface area (Å²) >= 11 is 5.79. The average molecular weight is 534 g/mol. The quantitative estimate of drug-likeness (QED) is 0.271. The predicted molar refractivity (Wildman–Crippen MR) is 133 cm³/mol. The van der Waals surface area contributed by atoms with Gasteiger partial charge in [0.15, 0.2) is 0 Å². The van der Waals surface area contributed by atoms with Gasteiger partial charge in [-0.2, -0.15) is 4.31 Å². The number of aromatic nitrogens is 1. The van der Waals surface area contributed by atoms with E-state index in [0.29, 0.717) is 29.3 Å². The fourth-order valence-corrected chi connectivity index (χ4v) is 5.94. The molecule has 1 saturated carbocycles. The number of benzene rings is 2. The van der Waals surface area contributed by atoms with Crippen molar-refractivity contribution in [2.24, 2.45) is 0 Å². The average Bonchev–Trinajstić information content (AvgIpc) is 2.88. The zero-order chi connectivity index (χ0) is 25.9. The second kappa shape index (κ2) is 10.9. The minimum Gasteiger partial charge on any atom is -0.473 e. The number of halogens is 2. The van der Waals surface area contributed by atoms with Crippen LogP contribution in [-0.4, -0.2) is 35.7 Å². The zero-order valence-electron chi connectivity index (χ0n) is 19.5. The lowest BCUT2D eigenvalue weighted by atomic mass is 9.84. The monoisotopic (exact) mass is 533 g/mol. The molecule has 2 aromatic carbocycles. The van der Waals surface area contributed by atoms with E-state index in [9.17, 15) is 22.9 Å². The molecule has 1 fully saturated rings. The first-order valence-electron chi connectivity index (χ1n) is 11.4. The van der Waals surface area contributed by atoms with Crippen LogP contribution in [0.2, 0.25) is 5.02 Å². The Balaban J connectivity index is 1.37. The molecule has 0 radical (unpaired) electrons. The number of non-ortho nitro benzene ring substituents is 1. The molecule has 36 heavy (non-hydrogen) atoms. The number of rotatable bonds is 8. The minimum absolute atomic E-state index is 0.0253. The molecule has 0 amide bonds. The van der Waals surface area contributed by atoms with Gasteiger partial charge in [0.05, 0.1) is 9.82 Å². The summed E-state index contributed by atoms with van der Waals surface area (Å²) < 4.78 is 47.1. The Morgan fingerprint density at radius 1 is 1.11 bits per heavy atom. The molecule has 8 nitrogen and oxygen atoms in total. The van der Waals surface area contributed by atoms with Crippen molar-refractivity contribution < 1.29 is 22.5 Å². The molecule has 0 atom stereocenters. The third-order valence-corrected chi connectivity index (χ3v) is 8.65. The normalized spacial score (nSPS) is 18.2. The second-order valence-electron chi connectivity index (χ2n) is 8.70. The number of pyridine rings is 1. The van der Waals surface area contributed by atoms with Crippen LogP contribution in [0, 0.1) is 15.9 Å². The van der Waals surface area contributed by atoms with Gasteiger partial charge < -0.3 is 4.74 Å². The Morgan fingerprint density at radius 3 is 2.44 bits per heavy atom. The summed E-state index contributed by atoms with van der Waals surface area (Å²) in [6.45, 7) is 0.0253. The highest BCUT2D eigenvalue weighted by atomic mass is 35.5. The van der Waals surface area contributed by atoms with Gasteiger partial charge in [-0.05, 0) is 56.0 Å². The number of ether oxygens (including phenoxy) is 1. The predicted octanol–water partition coefficient (Wildman–Crippen LogP) is 5.71. The highest BCUT2D eigenvalue weighted by Gasteiger charge is 2.32. The fourth-order valence-electron chi connectivity index (χ4n) is 4.37. The van der Waals surface area contributed by atoms with Crippen molar-refractivity contribution >= 4 is 27.3 Å². The van der Waals surface area contributed by atoms with Crippen LogP contribution in [0.15, 0.2) is 65.6 Å². The molecule has 1 aliphatic rings. The molecule has 0 bridgehead atoms. The molecular formula is C25H25ClFN3O5S. The van der Waals surface area contributed by atoms with Crippen molar-refractivity contribution in [1.29, 1.82) is 0 Å². The highest BCUT2D eigenvalue weighted by molar-refractivity contribution is 7.89. The van der Waals surface area contributed by atoms with E-state index < -0.39 is 20.8 Å². The van der Waals surface area contributed by atoms with Crippen LogP contribution in [0.3, 0.4) is 0 Å². The van der Waals surface area contributed by atoms with Gasteiger partial charge in [0, 0.05) is 53.5 Å². The molecule has 4 rings (SSSR count). The van der Waals surface area contributed by atoms with Crippen LogP contribution in [0.25, 0.3) is 0 Å². The lowest BCUT2D eigenvalue weighted by molar-refractivity contribution is -0.384. The summed E-state index contributed by atoms with van der Waals surface area (Å²) in [6, 6.07) is 14.6.